The first kappa shape index (κ1) is 12.7. The number of hydrogen-bond donors (Lipinski definition) is 0. The van der Waals surface area contributed by atoms with Crippen LogP contribution >= 0.6 is 0 Å². The first-order valence-electron chi connectivity index (χ1n) is 5.64. The van der Waals surface area contributed by atoms with E-state index in [4.69, 9.17) is 0 Å². The van der Waals surface area contributed by atoms with Gasteiger partial charge in [0.2, 0.25) is 0 Å². The van der Waals surface area contributed by atoms with Gasteiger partial charge in [0.15, 0.2) is 5.78 Å². The van der Waals surface area contributed by atoms with Crippen LogP contribution in [0.1, 0.15) is 39.0 Å². The number of hydrogen-bond acceptors (Lipinski definition) is 3. The highest BCUT2D eigenvalue weighted by Crippen LogP contribution is 2.22. The van der Waals surface area contributed by atoms with Crippen molar-refractivity contribution in [3.8, 4) is 0 Å². The molecule has 1 aliphatic carbocycles. The number of allylic oxidation sites excluding steroid dienone is 3. The Morgan fingerprint density at radius 1 is 1.19 bits per heavy atom. The van der Waals surface area contributed by atoms with Gasteiger partial charge in [0.1, 0.15) is 5.57 Å². The van der Waals surface area contributed by atoms with Crippen molar-refractivity contribution in [2.75, 3.05) is 7.11 Å². The molecule has 0 amide bonds. The Kier molecular flexibility index (Phi) is 4.96. The summed E-state index contributed by atoms with van der Waals surface area (Å²) >= 11 is 0. The van der Waals surface area contributed by atoms with Gasteiger partial charge in [0.05, 0.1) is 7.11 Å². The molecule has 1 saturated carbocycles. The third-order valence-electron chi connectivity index (χ3n) is 2.77. The molecule has 0 aromatic rings. The van der Waals surface area contributed by atoms with Crippen molar-refractivity contribution in [3.63, 3.8) is 0 Å². The zero-order valence-corrected chi connectivity index (χ0v) is 9.91. The molecule has 0 unspecified atom stereocenters. The maximum Gasteiger partial charge on any atom is 0.341 e. The Hall–Kier alpha value is -1.38. The molecule has 0 heterocycles. The Balaban J connectivity index is 2.77. The van der Waals surface area contributed by atoms with Gasteiger partial charge in [-0.1, -0.05) is 18.1 Å². The Morgan fingerprint density at radius 2 is 1.81 bits per heavy atom. The molecule has 0 atom stereocenters. The molecule has 3 heteroatoms. The van der Waals surface area contributed by atoms with E-state index in [0.29, 0.717) is 0 Å². The van der Waals surface area contributed by atoms with Crippen molar-refractivity contribution in [1.82, 2.24) is 0 Å². The van der Waals surface area contributed by atoms with Gasteiger partial charge in [-0.15, -0.1) is 0 Å². The minimum atomic E-state index is -0.555. The van der Waals surface area contributed by atoms with E-state index in [1.54, 1.807) is 6.08 Å². The van der Waals surface area contributed by atoms with Crippen molar-refractivity contribution in [3.05, 3.63) is 23.3 Å². The van der Waals surface area contributed by atoms with Gasteiger partial charge in [0.25, 0.3) is 0 Å². The molecule has 0 spiro atoms. The van der Waals surface area contributed by atoms with Gasteiger partial charge in [-0.25, -0.2) is 4.79 Å². The first-order chi connectivity index (χ1) is 7.65. The Labute approximate surface area is 96.2 Å². The normalized spacial score (nSPS) is 16.9. The highest BCUT2D eigenvalue weighted by atomic mass is 16.5. The summed E-state index contributed by atoms with van der Waals surface area (Å²) in [7, 11) is 1.28. The van der Waals surface area contributed by atoms with Crippen molar-refractivity contribution < 1.29 is 14.3 Å². The molecule has 0 saturated heterocycles. The Morgan fingerprint density at radius 3 is 2.31 bits per heavy atom. The number of ether oxygens (including phenoxy) is 1. The van der Waals surface area contributed by atoms with E-state index >= 15 is 0 Å². The van der Waals surface area contributed by atoms with Gasteiger partial charge in [-0.3, -0.25) is 4.79 Å². The summed E-state index contributed by atoms with van der Waals surface area (Å²) in [5, 5.41) is 0. The quantitative estimate of drug-likeness (QED) is 0.319. The fourth-order valence-corrected chi connectivity index (χ4v) is 1.81. The van der Waals surface area contributed by atoms with E-state index < -0.39 is 5.97 Å². The zero-order valence-electron chi connectivity index (χ0n) is 9.91. The van der Waals surface area contributed by atoms with Crippen LogP contribution in [0.4, 0.5) is 0 Å². The summed E-state index contributed by atoms with van der Waals surface area (Å²) in [6, 6.07) is 0. The fraction of sp³-hybridized carbons (Fsp3) is 0.538. The molecule has 1 rings (SSSR count). The molecule has 0 aliphatic heterocycles. The second kappa shape index (κ2) is 6.26. The lowest BCUT2D eigenvalue weighted by atomic mass is 9.94. The second-order valence-electron chi connectivity index (χ2n) is 4.01. The van der Waals surface area contributed by atoms with E-state index in [2.05, 4.69) is 4.74 Å². The minimum Gasteiger partial charge on any atom is -0.465 e. The summed E-state index contributed by atoms with van der Waals surface area (Å²) in [4.78, 5) is 22.5. The predicted octanol–water partition coefficient (Wildman–Crippen LogP) is 2.57. The number of methoxy groups -OCH3 is 1. The van der Waals surface area contributed by atoms with Crippen molar-refractivity contribution in [2.45, 2.75) is 39.0 Å². The molecule has 3 nitrogen and oxygen atoms in total. The molecule has 16 heavy (non-hydrogen) atoms. The molecular weight excluding hydrogens is 204 g/mol. The monoisotopic (exact) mass is 222 g/mol. The lowest BCUT2D eigenvalue weighted by Crippen LogP contribution is -2.11. The van der Waals surface area contributed by atoms with Crippen LogP contribution in [0.25, 0.3) is 0 Å². The van der Waals surface area contributed by atoms with Gasteiger partial charge < -0.3 is 4.74 Å². The predicted molar refractivity (Wildman–Crippen MR) is 61.9 cm³/mol. The van der Waals surface area contributed by atoms with E-state index in [1.807, 2.05) is 6.08 Å². The molecule has 88 valence electrons. The number of Topliss-reactive ketones (excluding diaryl/α,β-unsaturated/α-hetero) is 1. The molecule has 0 radical (unpaired) electrons. The lowest BCUT2D eigenvalue weighted by molar-refractivity contribution is -0.137. The van der Waals surface area contributed by atoms with E-state index in [0.717, 1.165) is 12.8 Å². The van der Waals surface area contributed by atoms with Crippen molar-refractivity contribution in [2.24, 2.45) is 0 Å². The number of carbonyl (C=O) groups is 2. The zero-order chi connectivity index (χ0) is 12.0. The number of esters is 1. The molecule has 0 aromatic carbocycles. The molecule has 0 aromatic heterocycles. The van der Waals surface area contributed by atoms with Gasteiger partial charge >= 0.3 is 5.97 Å². The number of rotatable bonds is 3. The minimum absolute atomic E-state index is 0.126. The van der Waals surface area contributed by atoms with Gasteiger partial charge in [-0.2, -0.15) is 0 Å². The lowest BCUT2D eigenvalue weighted by Gasteiger charge is -2.12. The maximum atomic E-state index is 11.3. The van der Waals surface area contributed by atoms with Crippen LogP contribution in [-0.2, 0) is 14.3 Å². The average Bonchev–Trinajstić information content (AvgIpc) is 2.30. The van der Waals surface area contributed by atoms with Crippen LogP contribution in [0.2, 0.25) is 0 Å². The third kappa shape index (κ3) is 3.65. The molecule has 0 N–H and O–H groups in total. The average molecular weight is 222 g/mol. The van der Waals surface area contributed by atoms with Gasteiger partial charge in [-0.05, 0) is 38.7 Å². The standard InChI is InChI=1S/C13H18O3/c1-10(14)12(13(15)16-2)9-8-11-6-4-3-5-7-11/h8-9H,3-7H2,1-2H3/b12-9+. The summed E-state index contributed by atoms with van der Waals surface area (Å²) in [6.45, 7) is 1.38. The fourth-order valence-electron chi connectivity index (χ4n) is 1.81. The van der Waals surface area contributed by atoms with E-state index in [9.17, 15) is 9.59 Å². The van der Waals surface area contributed by atoms with Crippen molar-refractivity contribution in [1.29, 1.82) is 0 Å². The first-order valence-corrected chi connectivity index (χ1v) is 5.64. The summed E-state index contributed by atoms with van der Waals surface area (Å²) in [5.74, 6) is -0.806. The van der Waals surface area contributed by atoms with Crippen molar-refractivity contribution >= 4 is 11.8 Å². The van der Waals surface area contributed by atoms with Crippen LogP contribution in [0.5, 0.6) is 0 Å². The SMILES string of the molecule is COC(=O)/C(=C/C=C1CCCCC1)C(C)=O. The smallest absolute Gasteiger partial charge is 0.341 e. The van der Waals surface area contributed by atoms with Crippen LogP contribution in [0.3, 0.4) is 0 Å². The molecular formula is C13H18O3. The molecule has 1 aliphatic rings. The number of carbonyl (C=O) groups excluding carboxylic acids is 2. The van der Waals surface area contributed by atoms with Crippen LogP contribution in [0.15, 0.2) is 23.3 Å². The van der Waals surface area contributed by atoms with Crippen LogP contribution in [0, 0.1) is 0 Å². The summed E-state index contributed by atoms with van der Waals surface area (Å²) in [6.07, 6.45) is 9.31. The molecule has 1 fully saturated rings. The topological polar surface area (TPSA) is 43.4 Å². The number of ketones is 1. The summed E-state index contributed by atoms with van der Waals surface area (Å²) < 4.78 is 4.56. The highest BCUT2D eigenvalue weighted by Gasteiger charge is 2.13. The summed E-state index contributed by atoms with van der Waals surface area (Å²) in [5.41, 5.74) is 1.44. The highest BCUT2D eigenvalue weighted by molar-refractivity contribution is 6.16. The maximum absolute atomic E-state index is 11.3. The Bertz CT molecular complexity index is 329. The van der Waals surface area contributed by atoms with Crippen LogP contribution in [-0.4, -0.2) is 18.9 Å². The molecule has 0 bridgehead atoms. The van der Waals surface area contributed by atoms with E-state index in [-0.39, 0.29) is 11.4 Å². The van der Waals surface area contributed by atoms with Gasteiger partial charge in [0, 0.05) is 0 Å². The third-order valence-corrected chi connectivity index (χ3v) is 2.77. The largest absolute Gasteiger partial charge is 0.465 e. The van der Waals surface area contributed by atoms with E-state index in [1.165, 1.54) is 38.9 Å². The van der Waals surface area contributed by atoms with Crippen LogP contribution < -0.4 is 0 Å². The second-order valence-corrected chi connectivity index (χ2v) is 4.01.